The summed E-state index contributed by atoms with van der Waals surface area (Å²) in [5, 5.41) is 0. The van der Waals surface area contributed by atoms with Crippen molar-refractivity contribution in [3.63, 3.8) is 0 Å². The van der Waals surface area contributed by atoms with Crippen LogP contribution in [0.5, 0.6) is 0 Å². The summed E-state index contributed by atoms with van der Waals surface area (Å²) in [5.74, 6) is -0.697. The van der Waals surface area contributed by atoms with Gasteiger partial charge in [0.05, 0.1) is 0 Å². The molecule has 1 aliphatic rings. The van der Waals surface area contributed by atoms with Gasteiger partial charge in [-0.15, -0.1) is 0 Å². The highest BCUT2D eigenvalue weighted by molar-refractivity contribution is 5.96. The van der Waals surface area contributed by atoms with Gasteiger partial charge in [-0.2, -0.15) is 0 Å². The van der Waals surface area contributed by atoms with Gasteiger partial charge in [0.2, 0.25) is 0 Å². The highest BCUT2D eigenvalue weighted by Crippen LogP contribution is 2.15. The smallest absolute Gasteiger partial charge is 0.254 e. The predicted octanol–water partition coefficient (Wildman–Crippen LogP) is 2.31. The molecule has 0 saturated carbocycles. The first kappa shape index (κ1) is 17.0. The number of piperazine rings is 1. The summed E-state index contributed by atoms with van der Waals surface area (Å²) in [6.45, 7) is 3.37. The van der Waals surface area contributed by atoms with Crippen LogP contribution in [0.4, 0.5) is 10.1 Å². The second-order valence-corrected chi connectivity index (χ2v) is 6.17. The lowest BCUT2D eigenvalue weighted by atomic mass is 10.1. The van der Waals surface area contributed by atoms with Crippen molar-refractivity contribution in [3.8, 4) is 0 Å². The SMILES string of the molecule is Cc1ccc(C(=O)N2CCN(C(=O)c3cccc(N)c3)CC2)cc1F. The van der Waals surface area contributed by atoms with Crippen LogP contribution >= 0.6 is 0 Å². The Morgan fingerprint density at radius 3 is 2.00 bits per heavy atom. The number of nitrogen functional groups attached to an aromatic ring is 1. The van der Waals surface area contributed by atoms with E-state index in [1.54, 1.807) is 53.1 Å². The highest BCUT2D eigenvalue weighted by atomic mass is 19.1. The monoisotopic (exact) mass is 341 g/mol. The minimum absolute atomic E-state index is 0.0965. The summed E-state index contributed by atoms with van der Waals surface area (Å²) in [6, 6.07) is 11.3. The van der Waals surface area contributed by atoms with Gasteiger partial charge in [-0.25, -0.2) is 4.39 Å². The van der Waals surface area contributed by atoms with E-state index in [9.17, 15) is 14.0 Å². The van der Waals surface area contributed by atoms with Gasteiger partial charge >= 0.3 is 0 Å². The molecule has 2 aromatic carbocycles. The van der Waals surface area contributed by atoms with Crippen molar-refractivity contribution in [1.29, 1.82) is 0 Å². The summed E-state index contributed by atoms with van der Waals surface area (Å²) in [6.07, 6.45) is 0. The Labute approximate surface area is 145 Å². The maximum Gasteiger partial charge on any atom is 0.254 e. The van der Waals surface area contributed by atoms with Gasteiger partial charge in [0.25, 0.3) is 11.8 Å². The van der Waals surface area contributed by atoms with Crippen molar-refractivity contribution in [3.05, 3.63) is 65.0 Å². The zero-order valence-electron chi connectivity index (χ0n) is 14.0. The van der Waals surface area contributed by atoms with Crippen LogP contribution in [0.15, 0.2) is 42.5 Å². The molecular formula is C19H20FN3O2. The molecule has 0 radical (unpaired) electrons. The molecule has 130 valence electrons. The highest BCUT2D eigenvalue weighted by Gasteiger charge is 2.25. The number of carbonyl (C=O) groups is 2. The molecule has 2 aromatic rings. The third-order valence-electron chi connectivity index (χ3n) is 4.41. The van der Waals surface area contributed by atoms with Gasteiger partial charge in [0.1, 0.15) is 5.82 Å². The molecule has 2 N–H and O–H groups in total. The molecule has 1 heterocycles. The van der Waals surface area contributed by atoms with Crippen LogP contribution in [-0.4, -0.2) is 47.8 Å². The number of hydrogen-bond acceptors (Lipinski definition) is 3. The van der Waals surface area contributed by atoms with E-state index in [0.29, 0.717) is 48.6 Å². The minimum atomic E-state index is -0.388. The molecule has 3 rings (SSSR count). The second kappa shape index (κ2) is 6.93. The first-order valence-corrected chi connectivity index (χ1v) is 8.16. The van der Waals surface area contributed by atoms with Crippen LogP contribution in [0.2, 0.25) is 0 Å². The lowest BCUT2D eigenvalue weighted by Gasteiger charge is -2.35. The molecule has 5 nitrogen and oxygen atoms in total. The lowest BCUT2D eigenvalue weighted by molar-refractivity contribution is 0.0535. The molecule has 0 unspecified atom stereocenters. The van der Waals surface area contributed by atoms with Gasteiger partial charge in [-0.05, 0) is 42.8 Å². The average Bonchev–Trinajstić information content (AvgIpc) is 2.63. The van der Waals surface area contributed by atoms with Crippen molar-refractivity contribution >= 4 is 17.5 Å². The summed E-state index contributed by atoms with van der Waals surface area (Å²) < 4.78 is 13.7. The predicted molar refractivity (Wildman–Crippen MR) is 93.8 cm³/mol. The van der Waals surface area contributed by atoms with E-state index >= 15 is 0 Å². The number of aryl methyl sites for hydroxylation is 1. The fraction of sp³-hybridized carbons (Fsp3) is 0.263. The molecular weight excluding hydrogens is 321 g/mol. The maximum absolute atomic E-state index is 13.7. The molecule has 0 aliphatic carbocycles. The Balaban J connectivity index is 1.64. The van der Waals surface area contributed by atoms with E-state index in [1.165, 1.54) is 6.07 Å². The van der Waals surface area contributed by atoms with Crippen LogP contribution in [-0.2, 0) is 0 Å². The number of carbonyl (C=O) groups excluding carboxylic acids is 2. The summed E-state index contributed by atoms with van der Waals surface area (Å²) in [5.41, 5.74) is 7.65. The largest absolute Gasteiger partial charge is 0.399 e. The molecule has 6 heteroatoms. The second-order valence-electron chi connectivity index (χ2n) is 6.17. The van der Waals surface area contributed by atoms with E-state index in [4.69, 9.17) is 5.73 Å². The number of hydrogen-bond donors (Lipinski definition) is 1. The molecule has 1 fully saturated rings. The van der Waals surface area contributed by atoms with Crippen molar-refractivity contribution in [2.45, 2.75) is 6.92 Å². The minimum Gasteiger partial charge on any atom is -0.399 e. The molecule has 1 aliphatic heterocycles. The number of amides is 2. The summed E-state index contributed by atoms with van der Waals surface area (Å²) in [7, 11) is 0. The number of anilines is 1. The normalized spacial score (nSPS) is 14.5. The standard InChI is InChI=1S/C19H20FN3O2/c1-13-5-6-15(12-17(13)20)19(25)23-9-7-22(8-10-23)18(24)14-3-2-4-16(21)11-14/h2-6,11-12H,7-10,21H2,1H3. The maximum atomic E-state index is 13.7. The van der Waals surface area contributed by atoms with Crippen molar-refractivity contribution < 1.29 is 14.0 Å². The van der Waals surface area contributed by atoms with Gasteiger partial charge < -0.3 is 15.5 Å². The third-order valence-corrected chi connectivity index (χ3v) is 4.41. The number of rotatable bonds is 2. The Morgan fingerprint density at radius 1 is 0.920 bits per heavy atom. The Morgan fingerprint density at radius 2 is 1.48 bits per heavy atom. The zero-order chi connectivity index (χ0) is 18.0. The van der Waals surface area contributed by atoms with Gasteiger partial charge in [-0.1, -0.05) is 12.1 Å². The number of halogens is 1. The fourth-order valence-electron chi connectivity index (χ4n) is 2.88. The first-order valence-electron chi connectivity index (χ1n) is 8.16. The van der Waals surface area contributed by atoms with E-state index in [1.807, 2.05) is 0 Å². The molecule has 0 spiro atoms. The fourth-order valence-corrected chi connectivity index (χ4v) is 2.88. The summed E-state index contributed by atoms with van der Waals surface area (Å²) in [4.78, 5) is 28.3. The number of benzene rings is 2. The molecule has 25 heavy (non-hydrogen) atoms. The van der Waals surface area contributed by atoms with Gasteiger partial charge in [0.15, 0.2) is 0 Å². The average molecular weight is 341 g/mol. The van der Waals surface area contributed by atoms with E-state index in [2.05, 4.69) is 0 Å². The molecule has 0 aromatic heterocycles. The van der Waals surface area contributed by atoms with Crippen LogP contribution in [0.3, 0.4) is 0 Å². The topological polar surface area (TPSA) is 66.6 Å². The van der Waals surface area contributed by atoms with Crippen molar-refractivity contribution in [2.75, 3.05) is 31.9 Å². The van der Waals surface area contributed by atoms with E-state index < -0.39 is 0 Å². The molecule has 0 atom stereocenters. The van der Waals surface area contributed by atoms with Crippen molar-refractivity contribution in [2.24, 2.45) is 0 Å². The van der Waals surface area contributed by atoms with Crippen molar-refractivity contribution in [1.82, 2.24) is 9.80 Å². The van der Waals surface area contributed by atoms with Crippen LogP contribution < -0.4 is 5.73 Å². The molecule has 0 bridgehead atoms. The Bertz CT molecular complexity index is 814. The Kier molecular flexibility index (Phi) is 4.70. The Hall–Kier alpha value is -2.89. The first-order chi connectivity index (χ1) is 12.0. The van der Waals surface area contributed by atoms with Crippen LogP contribution in [0.1, 0.15) is 26.3 Å². The van der Waals surface area contributed by atoms with Crippen LogP contribution in [0, 0.1) is 12.7 Å². The van der Waals surface area contributed by atoms with E-state index in [-0.39, 0.29) is 17.6 Å². The van der Waals surface area contributed by atoms with Crippen LogP contribution in [0.25, 0.3) is 0 Å². The number of nitrogens with zero attached hydrogens (tertiary/aromatic N) is 2. The third kappa shape index (κ3) is 3.63. The van der Waals surface area contributed by atoms with E-state index in [0.717, 1.165) is 0 Å². The molecule has 1 saturated heterocycles. The zero-order valence-corrected chi connectivity index (χ0v) is 14.0. The van der Waals surface area contributed by atoms with Gasteiger partial charge in [-0.3, -0.25) is 9.59 Å². The quantitative estimate of drug-likeness (QED) is 0.853. The lowest BCUT2D eigenvalue weighted by Crippen LogP contribution is -2.50. The number of nitrogens with two attached hydrogens (primary N) is 1. The summed E-state index contributed by atoms with van der Waals surface area (Å²) >= 11 is 0. The van der Waals surface area contributed by atoms with Gasteiger partial charge in [0, 0.05) is 43.0 Å². The molecule has 2 amide bonds.